The van der Waals surface area contributed by atoms with Crippen LogP contribution in [0, 0.1) is 7.14 Å². The first-order valence-corrected chi connectivity index (χ1v) is 8.10. The summed E-state index contributed by atoms with van der Waals surface area (Å²) in [6.45, 7) is 2.14. The number of halogens is 2. The first kappa shape index (κ1) is 17.9. The second kappa shape index (κ2) is 7.76. The summed E-state index contributed by atoms with van der Waals surface area (Å²) in [6.07, 6.45) is 0.416. The van der Waals surface area contributed by atoms with Gasteiger partial charge in [-0.2, -0.15) is 0 Å². The van der Waals surface area contributed by atoms with Gasteiger partial charge < -0.3 is 20.3 Å². The van der Waals surface area contributed by atoms with Crippen molar-refractivity contribution >= 4 is 51.1 Å². The Balaban J connectivity index is 2.73. The van der Waals surface area contributed by atoms with E-state index in [0.717, 1.165) is 3.57 Å². The number of carbonyl (C=O) groups excluding carboxylic acids is 1. The molecule has 7 heteroatoms. The standard InChI is InChI=1S/C13H17I2NO4/c1-13(19,3-4-20-2)7-16-12(18)9-5-8(14)6-10(15)11(9)17/h5-6,17,19H,3-4,7H2,1-2H3,(H,16,18). The Bertz CT molecular complexity index is 492. The molecule has 1 aromatic rings. The largest absolute Gasteiger partial charge is 0.506 e. The van der Waals surface area contributed by atoms with Crippen LogP contribution in [0.15, 0.2) is 12.1 Å². The Morgan fingerprint density at radius 3 is 2.70 bits per heavy atom. The number of phenolic OH excluding ortho intramolecular Hbond substituents is 1. The molecule has 0 aliphatic rings. The number of phenols is 1. The van der Waals surface area contributed by atoms with E-state index in [0.29, 0.717) is 16.6 Å². The minimum Gasteiger partial charge on any atom is -0.506 e. The quantitative estimate of drug-likeness (QED) is 0.518. The number of amides is 1. The van der Waals surface area contributed by atoms with Crippen LogP contribution >= 0.6 is 45.2 Å². The van der Waals surface area contributed by atoms with E-state index in [2.05, 4.69) is 27.9 Å². The van der Waals surface area contributed by atoms with E-state index in [-0.39, 0.29) is 17.9 Å². The van der Waals surface area contributed by atoms with Crippen molar-refractivity contribution in [3.8, 4) is 5.75 Å². The Morgan fingerprint density at radius 1 is 1.45 bits per heavy atom. The number of hydrogen-bond acceptors (Lipinski definition) is 4. The molecule has 1 amide bonds. The predicted octanol–water partition coefficient (Wildman–Crippen LogP) is 2.12. The summed E-state index contributed by atoms with van der Waals surface area (Å²) in [5.74, 6) is -0.448. The molecule has 0 fully saturated rings. The van der Waals surface area contributed by atoms with Gasteiger partial charge in [-0.1, -0.05) is 0 Å². The zero-order chi connectivity index (χ0) is 15.3. The molecule has 1 atom stereocenters. The van der Waals surface area contributed by atoms with E-state index in [9.17, 15) is 15.0 Å². The molecule has 1 aromatic carbocycles. The summed E-state index contributed by atoms with van der Waals surface area (Å²) >= 11 is 4.05. The molecule has 112 valence electrons. The highest BCUT2D eigenvalue weighted by Gasteiger charge is 2.22. The van der Waals surface area contributed by atoms with Crippen LogP contribution in [-0.4, -0.2) is 42.0 Å². The number of hydrogen-bond donors (Lipinski definition) is 3. The Kier molecular flexibility index (Phi) is 6.95. The zero-order valence-electron chi connectivity index (χ0n) is 11.2. The Morgan fingerprint density at radius 2 is 2.10 bits per heavy atom. The van der Waals surface area contributed by atoms with Gasteiger partial charge in [0.2, 0.25) is 0 Å². The Hall–Kier alpha value is -0.130. The fraction of sp³-hybridized carbons (Fsp3) is 0.462. The van der Waals surface area contributed by atoms with E-state index in [1.165, 1.54) is 0 Å². The van der Waals surface area contributed by atoms with E-state index < -0.39 is 11.5 Å². The van der Waals surface area contributed by atoms with E-state index in [4.69, 9.17) is 4.74 Å². The van der Waals surface area contributed by atoms with E-state index in [1.807, 2.05) is 22.6 Å². The van der Waals surface area contributed by atoms with Gasteiger partial charge in [-0.25, -0.2) is 0 Å². The highest BCUT2D eigenvalue weighted by atomic mass is 127. The van der Waals surface area contributed by atoms with Crippen molar-refractivity contribution < 1.29 is 19.7 Å². The summed E-state index contributed by atoms with van der Waals surface area (Å²) in [5.41, 5.74) is -0.833. The van der Waals surface area contributed by atoms with Gasteiger partial charge in [0, 0.05) is 30.3 Å². The van der Waals surface area contributed by atoms with Crippen molar-refractivity contribution in [2.45, 2.75) is 18.9 Å². The van der Waals surface area contributed by atoms with Crippen molar-refractivity contribution in [2.24, 2.45) is 0 Å². The molecule has 0 aliphatic heterocycles. The monoisotopic (exact) mass is 505 g/mol. The highest BCUT2D eigenvalue weighted by molar-refractivity contribution is 14.1. The normalized spacial score (nSPS) is 13.8. The van der Waals surface area contributed by atoms with Gasteiger partial charge in [0.25, 0.3) is 5.91 Å². The number of carbonyl (C=O) groups is 1. The minimum atomic E-state index is -1.05. The molecule has 0 aliphatic carbocycles. The molecule has 0 radical (unpaired) electrons. The third-order valence-electron chi connectivity index (χ3n) is 2.75. The van der Waals surface area contributed by atoms with Crippen LogP contribution < -0.4 is 5.32 Å². The van der Waals surface area contributed by atoms with Crippen LogP contribution in [-0.2, 0) is 4.74 Å². The lowest BCUT2D eigenvalue weighted by atomic mass is 10.0. The van der Waals surface area contributed by atoms with Crippen LogP contribution in [0.2, 0.25) is 0 Å². The van der Waals surface area contributed by atoms with E-state index in [1.54, 1.807) is 26.2 Å². The van der Waals surface area contributed by atoms with Crippen LogP contribution in [0.5, 0.6) is 5.75 Å². The molecule has 0 saturated heterocycles. The summed E-state index contributed by atoms with van der Waals surface area (Å²) in [5, 5.41) is 22.6. The van der Waals surface area contributed by atoms with Crippen molar-refractivity contribution in [2.75, 3.05) is 20.3 Å². The van der Waals surface area contributed by atoms with Gasteiger partial charge >= 0.3 is 0 Å². The minimum absolute atomic E-state index is 0.0416. The third-order valence-corrected chi connectivity index (χ3v) is 4.19. The zero-order valence-corrected chi connectivity index (χ0v) is 15.6. The number of methoxy groups -OCH3 is 1. The van der Waals surface area contributed by atoms with Crippen LogP contribution in [0.4, 0.5) is 0 Å². The summed E-state index contributed by atoms with van der Waals surface area (Å²) < 4.78 is 6.38. The topological polar surface area (TPSA) is 78.8 Å². The molecule has 5 nitrogen and oxygen atoms in total. The van der Waals surface area contributed by atoms with Gasteiger partial charge in [-0.15, -0.1) is 0 Å². The summed E-state index contributed by atoms with van der Waals surface area (Å²) in [4.78, 5) is 12.1. The molecular formula is C13H17I2NO4. The lowest BCUT2D eigenvalue weighted by molar-refractivity contribution is 0.0243. The lowest BCUT2D eigenvalue weighted by Gasteiger charge is -2.23. The molecule has 3 N–H and O–H groups in total. The molecule has 0 spiro atoms. The molecular weight excluding hydrogens is 488 g/mol. The van der Waals surface area contributed by atoms with Gasteiger partial charge in [0.05, 0.1) is 14.7 Å². The van der Waals surface area contributed by atoms with Crippen LogP contribution in [0.3, 0.4) is 0 Å². The van der Waals surface area contributed by atoms with Gasteiger partial charge in [-0.05, 0) is 64.2 Å². The molecule has 20 heavy (non-hydrogen) atoms. The summed E-state index contributed by atoms with van der Waals surface area (Å²) in [7, 11) is 1.56. The fourth-order valence-electron chi connectivity index (χ4n) is 1.52. The highest BCUT2D eigenvalue weighted by Crippen LogP contribution is 2.27. The first-order valence-electron chi connectivity index (χ1n) is 5.94. The lowest BCUT2D eigenvalue weighted by Crippen LogP contribution is -2.41. The average Bonchev–Trinajstić information content (AvgIpc) is 2.38. The molecule has 0 heterocycles. The second-order valence-electron chi connectivity index (χ2n) is 4.71. The van der Waals surface area contributed by atoms with Gasteiger partial charge in [0.15, 0.2) is 0 Å². The van der Waals surface area contributed by atoms with E-state index >= 15 is 0 Å². The number of benzene rings is 1. The maximum atomic E-state index is 12.1. The van der Waals surface area contributed by atoms with Crippen LogP contribution in [0.1, 0.15) is 23.7 Å². The molecule has 0 saturated carbocycles. The molecule has 1 rings (SSSR count). The second-order valence-corrected chi connectivity index (χ2v) is 7.11. The van der Waals surface area contributed by atoms with Crippen molar-refractivity contribution in [3.05, 3.63) is 24.8 Å². The SMILES string of the molecule is COCCC(C)(O)CNC(=O)c1cc(I)cc(I)c1O. The average molecular weight is 505 g/mol. The number of aromatic hydroxyl groups is 1. The summed E-state index contributed by atoms with van der Waals surface area (Å²) in [6, 6.07) is 3.39. The number of aliphatic hydroxyl groups is 1. The first-order chi connectivity index (χ1) is 9.26. The third kappa shape index (κ3) is 5.34. The van der Waals surface area contributed by atoms with Crippen LogP contribution in [0.25, 0.3) is 0 Å². The fourth-order valence-corrected chi connectivity index (χ4v) is 3.36. The van der Waals surface area contributed by atoms with Crippen molar-refractivity contribution in [3.63, 3.8) is 0 Å². The molecule has 1 unspecified atom stereocenters. The smallest absolute Gasteiger partial charge is 0.255 e. The predicted molar refractivity (Wildman–Crippen MR) is 93.0 cm³/mol. The maximum absolute atomic E-state index is 12.1. The number of nitrogens with one attached hydrogen (secondary N) is 1. The van der Waals surface area contributed by atoms with Gasteiger partial charge in [0.1, 0.15) is 5.75 Å². The van der Waals surface area contributed by atoms with Crippen molar-refractivity contribution in [1.29, 1.82) is 0 Å². The molecule has 0 bridgehead atoms. The number of rotatable bonds is 6. The van der Waals surface area contributed by atoms with Crippen molar-refractivity contribution in [1.82, 2.24) is 5.32 Å². The maximum Gasteiger partial charge on any atom is 0.255 e. The number of ether oxygens (including phenoxy) is 1. The van der Waals surface area contributed by atoms with Gasteiger partial charge in [-0.3, -0.25) is 4.79 Å². The molecule has 0 aromatic heterocycles. The Labute approximate surface area is 145 Å².